The number of carbonyl (C=O) groups excluding carboxylic acids is 1. The molecule has 2 rings (SSSR count). The van der Waals surface area contributed by atoms with E-state index < -0.39 is 24.4 Å². The number of aromatic nitrogens is 4. The lowest BCUT2D eigenvalue weighted by Gasteiger charge is -2.34. The van der Waals surface area contributed by atoms with Gasteiger partial charge in [0.05, 0.1) is 25.4 Å². The monoisotopic (exact) mass is 533 g/mol. The molecule has 0 radical (unpaired) electrons. The molecule has 0 spiro atoms. The number of imidazole rings is 1. The van der Waals surface area contributed by atoms with Crippen molar-refractivity contribution in [2.24, 2.45) is 5.92 Å². The number of carbonyl (C=O) groups is 1. The Bertz CT molecular complexity index is 1030. The number of anilines is 1. The van der Waals surface area contributed by atoms with Gasteiger partial charge in [0.2, 0.25) is 0 Å². The highest BCUT2D eigenvalue weighted by molar-refractivity contribution is 5.81. The predicted molar refractivity (Wildman–Crippen MR) is 145 cm³/mol. The number of aliphatic hydroxyl groups is 1. The van der Waals surface area contributed by atoms with Crippen LogP contribution in [0.25, 0.3) is 11.2 Å². The third kappa shape index (κ3) is 8.63. The molecule has 2 heterocycles. The van der Waals surface area contributed by atoms with Crippen molar-refractivity contribution in [1.82, 2.24) is 19.5 Å². The van der Waals surface area contributed by atoms with Gasteiger partial charge in [-0.25, -0.2) is 4.98 Å². The number of terminal acetylenes is 1. The number of rotatable bonds is 19. The van der Waals surface area contributed by atoms with E-state index in [2.05, 4.69) is 34.7 Å². The highest BCUT2D eigenvalue weighted by atomic mass is 19.1. The molecule has 10 heteroatoms. The van der Waals surface area contributed by atoms with E-state index in [4.69, 9.17) is 21.6 Å². The molecule has 2 unspecified atom stereocenters. The van der Waals surface area contributed by atoms with Crippen molar-refractivity contribution >= 4 is 23.0 Å². The van der Waals surface area contributed by atoms with Crippen molar-refractivity contribution in [3.05, 3.63) is 12.4 Å². The van der Waals surface area contributed by atoms with Crippen LogP contribution in [0.3, 0.4) is 0 Å². The van der Waals surface area contributed by atoms with Gasteiger partial charge < -0.3 is 24.9 Å². The van der Waals surface area contributed by atoms with E-state index in [1.165, 1.54) is 37.3 Å². The lowest BCUT2D eigenvalue weighted by molar-refractivity contribution is -0.173. The van der Waals surface area contributed by atoms with E-state index in [9.17, 15) is 14.3 Å². The molecular weight excluding hydrogens is 489 g/mol. The van der Waals surface area contributed by atoms with Crippen molar-refractivity contribution in [3.8, 4) is 12.3 Å². The minimum absolute atomic E-state index is 0.0731. The van der Waals surface area contributed by atoms with E-state index in [-0.39, 0.29) is 35.4 Å². The Labute approximate surface area is 225 Å². The fraction of sp³-hybridized carbons (Fsp3) is 0.714. The van der Waals surface area contributed by atoms with Crippen molar-refractivity contribution < 1.29 is 23.8 Å². The van der Waals surface area contributed by atoms with Crippen LogP contribution in [-0.2, 0) is 20.8 Å². The van der Waals surface area contributed by atoms with Gasteiger partial charge in [-0.3, -0.25) is 4.79 Å². The number of hydrogen-bond donors (Lipinski definition) is 2. The van der Waals surface area contributed by atoms with Crippen molar-refractivity contribution in [2.75, 3.05) is 19.5 Å². The Morgan fingerprint density at radius 3 is 2.32 bits per heavy atom. The average Bonchev–Trinajstić information content (AvgIpc) is 3.31. The molecule has 3 atom stereocenters. The van der Waals surface area contributed by atoms with Gasteiger partial charge in [-0.15, -0.1) is 6.42 Å². The van der Waals surface area contributed by atoms with Gasteiger partial charge in [-0.2, -0.15) is 14.4 Å². The molecule has 0 aromatic carbocycles. The molecule has 0 bridgehead atoms. The van der Waals surface area contributed by atoms with Crippen LogP contribution in [0.1, 0.15) is 90.9 Å². The maximum Gasteiger partial charge on any atom is 0.312 e. The molecular formula is C28H44FN5O4. The van der Waals surface area contributed by atoms with Crippen LogP contribution in [0.15, 0.2) is 6.33 Å². The van der Waals surface area contributed by atoms with Crippen molar-refractivity contribution in [3.63, 3.8) is 0 Å². The summed E-state index contributed by atoms with van der Waals surface area (Å²) in [5.41, 5.74) is 4.51. The van der Waals surface area contributed by atoms with Gasteiger partial charge in [-0.05, 0) is 12.8 Å². The summed E-state index contributed by atoms with van der Waals surface area (Å²) < 4.78 is 26.9. The standard InChI is InChI=1S/C28H44FN5O4/c1-5-8-10-12-13-15-17-21(16-14-11-9-6-2)26(36)38-22(28(7-3,19-35)37-4)18-34-20-31-23-24(30)32-27(29)33-25(23)34/h3,20-22,35H,5-6,8-19H2,1-2,4H3,(H2,30,32,33)/t21?,22-,28?/m0/s1. The van der Waals surface area contributed by atoms with E-state index >= 15 is 0 Å². The first-order valence-electron chi connectivity index (χ1n) is 13.8. The molecule has 2 aromatic rings. The predicted octanol–water partition coefficient (Wildman–Crippen LogP) is 4.81. The van der Waals surface area contributed by atoms with Crippen LogP contribution < -0.4 is 5.73 Å². The van der Waals surface area contributed by atoms with Gasteiger partial charge in [0.1, 0.15) is 5.52 Å². The first-order chi connectivity index (χ1) is 18.3. The maximum atomic E-state index is 13.9. The summed E-state index contributed by atoms with van der Waals surface area (Å²) in [6, 6.07) is 0. The fourth-order valence-corrected chi connectivity index (χ4v) is 4.63. The van der Waals surface area contributed by atoms with Gasteiger partial charge in [0, 0.05) is 7.11 Å². The Hall–Kier alpha value is -2.77. The SMILES string of the molecule is C#CC(CO)(OC)[C@H](Cn1cnc2c(N)nc(F)nc21)OC(=O)C(CCCCCC)CCCCCCCC. The van der Waals surface area contributed by atoms with E-state index in [0.717, 1.165) is 57.8 Å². The Morgan fingerprint density at radius 1 is 1.13 bits per heavy atom. The van der Waals surface area contributed by atoms with Crippen LogP contribution >= 0.6 is 0 Å². The zero-order chi connectivity index (χ0) is 28.0. The molecule has 0 saturated carbocycles. The van der Waals surface area contributed by atoms with Crippen molar-refractivity contribution in [1.29, 1.82) is 0 Å². The summed E-state index contributed by atoms with van der Waals surface area (Å²) >= 11 is 0. The summed E-state index contributed by atoms with van der Waals surface area (Å²) in [6.07, 6.45) is 17.5. The smallest absolute Gasteiger partial charge is 0.312 e. The number of nitrogen functional groups attached to an aromatic ring is 1. The molecule has 0 aliphatic rings. The molecule has 0 aliphatic carbocycles. The zero-order valence-corrected chi connectivity index (χ0v) is 23.1. The lowest BCUT2D eigenvalue weighted by atomic mass is 9.93. The zero-order valence-electron chi connectivity index (χ0n) is 23.1. The maximum absolute atomic E-state index is 13.9. The highest BCUT2D eigenvalue weighted by Crippen LogP contribution is 2.26. The number of esters is 1. The summed E-state index contributed by atoms with van der Waals surface area (Å²) in [7, 11) is 1.35. The Balaban J connectivity index is 2.25. The van der Waals surface area contributed by atoms with E-state index in [1.54, 1.807) is 0 Å². The molecule has 3 N–H and O–H groups in total. The second kappa shape index (κ2) is 16.2. The number of nitrogens with zero attached hydrogens (tertiary/aromatic N) is 4. The number of ether oxygens (including phenoxy) is 2. The highest BCUT2D eigenvalue weighted by Gasteiger charge is 2.41. The van der Waals surface area contributed by atoms with E-state index in [1.807, 2.05) is 0 Å². The molecule has 0 saturated heterocycles. The number of fused-ring (bicyclic) bond motifs is 1. The number of methoxy groups -OCH3 is 1. The molecule has 38 heavy (non-hydrogen) atoms. The summed E-state index contributed by atoms with van der Waals surface area (Å²) in [6.45, 7) is 3.67. The second-order valence-electron chi connectivity index (χ2n) is 9.87. The largest absolute Gasteiger partial charge is 0.456 e. The third-order valence-electron chi connectivity index (χ3n) is 7.09. The molecule has 0 amide bonds. The molecule has 0 aliphatic heterocycles. The van der Waals surface area contributed by atoms with Crippen LogP contribution in [0.4, 0.5) is 10.2 Å². The second-order valence-corrected chi connectivity index (χ2v) is 9.87. The summed E-state index contributed by atoms with van der Waals surface area (Å²) in [5.74, 6) is 1.68. The minimum atomic E-state index is -1.61. The molecule has 9 nitrogen and oxygen atoms in total. The molecule has 0 fully saturated rings. The first kappa shape index (κ1) is 31.4. The van der Waals surface area contributed by atoms with Gasteiger partial charge in [0.15, 0.2) is 23.2 Å². The number of halogens is 1. The summed E-state index contributed by atoms with van der Waals surface area (Å²) in [5, 5.41) is 10.2. The van der Waals surface area contributed by atoms with Crippen LogP contribution in [0.5, 0.6) is 0 Å². The quantitative estimate of drug-likeness (QED) is 0.114. The number of aliphatic hydroxyl groups excluding tert-OH is 1. The van der Waals surface area contributed by atoms with Gasteiger partial charge in [0.25, 0.3) is 0 Å². The summed E-state index contributed by atoms with van der Waals surface area (Å²) in [4.78, 5) is 25.0. The minimum Gasteiger partial charge on any atom is -0.456 e. The average molecular weight is 534 g/mol. The first-order valence-corrected chi connectivity index (χ1v) is 13.8. The Morgan fingerprint density at radius 2 is 1.74 bits per heavy atom. The van der Waals surface area contributed by atoms with Gasteiger partial charge >= 0.3 is 12.0 Å². The van der Waals surface area contributed by atoms with Crippen molar-refractivity contribution in [2.45, 2.75) is 109 Å². The number of unbranched alkanes of at least 4 members (excludes halogenated alkanes) is 8. The topological polar surface area (TPSA) is 125 Å². The van der Waals surface area contributed by atoms with Crippen LogP contribution in [0, 0.1) is 24.3 Å². The normalized spacial score (nSPS) is 14.6. The van der Waals surface area contributed by atoms with Crippen LogP contribution in [-0.4, -0.2) is 56.0 Å². The lowest BCUT2D eigenvalue weighted by Crippen LogP contribution is -2.51. The molecule has 212 valence electrons. The van der Waals surface area contributed by atoms with E-state index in [0.29, 0.717) is 0 Å². The van der Waals surface area contributed by atoms with Crippen LogP contribution in [0.2, 0.25) is 0 Å². The fourth-order valence-electron chi connectivity index (χ4n) is 4.63. The number of nitrogens with two attached hydrogens (primary N) is 1. The van der Waals surface area contributed by atoms with Gasteiger partial charge in [-0.1, -0.05) is 84.0 Å². The third-order valence-corrected chi connectivity index (χ3v) is 7.09. The number of hydrogen-bond acceptors (Lipinski definition) is 8. The molecule has 2 aromatic heterocycles. The Kier molecular flexibility index (Phi) is 13.4.